The molecule has 0 aliphatic carbocycles. The minimum atomic E-state index is -1.31. The Morgan fingerprint density at radius 1 is 1.13 bits per heavy atom. The Bertz CT molecular complexity index is 1260. The van der Waals surface area contributed by atoms with Crippen molar-refractivity contribution in [2.24, 2.45) is 5.18 Å². The van der Waals surface area contributed by atoms with E-state index in [1.807, 2.05) is 12.1 Å². The molecule has 5 N–H and O–H groups in total. The number of ether oxygens (including phenoxy) is 2. The Hall–Kier alpha value is -4.52. The van der Waals surface area contributed by atoms with Crippen LogP contribution in [0.3, 0.4) is 0 Å². The Balaban J connectivity index is 1.52. The molecule has 2 aromatic rings. The summed E-state index contributed by atoms with van der Waals surface area (Å²) in [4.78, 5) is 59.4. The first-order valence-corrected chi connectivity index (χ1v) is 12.3. The average molecular weight is 543 g/mol. The number of carboxylic acids is 1. The molecule has 0 saturated heterocycles. The van der Waals surface area contributed by atoms with Crippen LogP contribution in [0.15, 0.2) is 53.4 Å². The second-order valence-electron chi connectivity index (χ2n) is 8.77. The summed E-state index contributed by atoms with van der Waals surface area (Å²) >= 11 is 0. The van der Waals surface area contributed by atoms with E-state index in [9.17, 15) is 34.3 Å². The van der Waals surface area contributed by atoms with E-state index in [1.54, 1.807) is 18.2 Å². The van der Waals surface area contributed by atoms with Gasteiger partial charge in [-0.15, -0.1) is 4.91 Å². The zero-order valence-electron chi connectivity index (χ0n) is 21.2. The molecule has 0 radical (unpaired) electrons. The zero-order valence-corrected chi connectivity index (χ0v) is 21.2. The molecule has 208 valence electrons. The number of benzene rings is 2. The standard InChI is InChI=1S/C26H30N4O9/c1-15(32)29-19-9-10-21(25(34)35)38-23(19)20(11-14-31)39-26(36)28-13-4-12-27-24(33)18-8-7-16-5-2-3-6-17(16)22(18)30-37/h2-3,5-8,10,19-20,23,31H,4,9,11-14H2,1H3,(H,27,33)(H,28,36)(H,29,32)(H,34,35)/t19-,20-,23-/m1/s1. The Kier molecular flexibility index (Phi) is 10.3. The Labute approximate surface area is 223 Å². The number of aliphatic hydroxyl groups is 1. The third-order valence-corrected chi connectivity index (χ3v) is 6.00. The normalized spacial score (nSPS) is 17.2. The number of fused-ring (bicyclic) bond motifs is 1. The van der Waals surface area contributed by atoms with Crippen LogP contribution in [-0.4, -0.2) is 72.0 Å². The Morgan fingerprint density at radius 2 is 1.87 bits per heavy atom. The van der Waals surface area contributed by atoms with Gasteiger partial charge in [-0.3, -0.25) is 9.59 Å². The van der Waals surface area contributed by atoms with Crippen molar-refractivity contribution in [1.82, 2.24) is 16.0 Å². The van der Waals surface area contributed by atoms with E-state index in [2.05, 4.69) is 21.1 Å². The maximum Gasteiger partial charge on any atom is 0.407 e. The topological polar surface area (TPSA) is 193 Å². The van der Waals surface area contributed by atoms with E-state index in [1.165, 1.54) is 19.1 Å². The largest absolute Gasteiger partial charge is 0.477 e. The van der Waals surface area contributed by atoms with Crippen molar-refractivity contribution >= 4 is 40.3 Å². The highest BCUT2D eigenvalue weighted by Gasteiger charge is 2.38. The first kappa shape index (κ1) is 29.0. The van der Waals surface area contributed by atoms with Crippen molar-refractivity contribution < 1.29 is 38.9 Å². The van der Waals surface area contributed by atoms with Crippen LogP contribution in [0.2, 0.25) is 0 Å². The van der Waals surface area contributed by atoms with Crippen molar-refractivity contribution in [2.45, 2.75) is 44.4 Å². The lowest BCUT2D eigenvalue weighted by Crippen LogP contribution is -2.53. The Morgan fingerprint density at radius 3 is 2.56 bits per heavy atom. The van der Waals surface area contributed by atoms with Gasteiger partial charge >= 0.3 is 12.1 Å². The second-order valence-corrected chi connectivity index (χ2v) is 8.77. The molecule has 0 fully saturated rings. The van der Waals surface area contributed by atoms with E-state index in [-0.39, 0.29) is 55.5 Å². The van der Waals surface area contributed by atoms with Crippen molar-refractivity contribution in [3.63, 3.8) is 0 Å². The van der Waals surface area contributed by atoms with Crippen LogP contribution in [0.4, 0.5) is 10.5 Å². The first-order chi connectivity index (χ1) is 18.7. The van der Waals surface area contributed by atoms with Gasteiger partial charge in [0.05, 0.1) is 11.6 Å². The van der Waals surface area contributed by atoms with Crippen LogP contribution in [-0.2, 0) is 19.1 Å². The van der Waals surface area contributed by atoms with Crippen LogP contribution in [0.5, 0.6) is 0 Å². The van der Waals surface area contributed by atoms with Crippen molar-refractivity contribution in [2.75, 3.05) is 19.7 Å². The highest BCUT2D eigenvalue weighted by atomic mass is 16.6. The number of nitrogens with zero attached hydrogens (tertiary/aromatic N) is 1. The molecule has 0 spiro atoms. The molecule has 39 heavy (non-hydrogen) atoms. The molecule has 0 saturated carbocycles. The quantitative estimate of drug-likeness (QED) is 0.197. The molecule has 1 aliphatic rings. The summed E-state index contributed by atoms with van der Waals surface area (Å²) in [6, 6.07) is 9.65. The molecule has 2 aromatic carbocycles. The number of aliphatic hydroxyl groups excluding tert-OH is 1. The van der Waals surface area contributed by atoms with Gasteiger partial charge in [0.2, 0.25) is 11.7 Å². The van der Waals surface area contributed by atoms with Crippen molar-refractivity contribution in [3.05, 3.63) is 58.7 Å². The maximum atomic E-state index is 12.6. The SMILES string of the molecule is CC(=O)N[C@@H]1CC=C(C(=O)O)O[C@H]1[C@@H](CCO)OC(=O)NCCCNC(=O)c1ccc2ccccc2c1N=O. The van der Waals surface area contributed by atoms with Gasteiger partial charge in [-0.1, -0.05) is 30.3 Å². The number of nitroso groups, excluding NO2 is 1. The molecule has 1 heterocycles. The van der Waals surface area contributed by atoms with E-state index in [4.69, 9.17) is 9.47 Å². The van der Waals surface area contributed by atoms with Gasteiger partial charge in [-0.2, -0.15) is 0 Å². The van der Waals surface area contributed by atoms with Gasteiger partial charge in [0.1, 0.15) is 11.8 Å². The molecule has 0 aromatic heterocycles. The predicted octanol–water partition coefficient (Wildman–Crippen LogP) is 2.10. The van der Waals surface area contributed by atoms with Gasteiger partial charge in [0.25, 0.3) is 5.91 Å². The average Bonchev–Trinajstić information content (AvgIpc) is 2.91. The number of carbonyl (C=O) groups is 4. The molecule has 3 atom stereocenters. The minimum Gasteiger partial charge on any atom is -0.477 e. The summed E-state index contributed by atoms with van der Waals surface area (Å²) in [7, 11) is 0. The van der Waals surface area contributed by atoms with E-state index in [0.29, 0.717) is 11.8 Å². The molecular formula is C26H30N4O9. The van der Waals surface area contributed by atoms with Gasteiger partial charge in [-0.05, 0) is 35.5 Å². The second kappa shape index (κ2) is 13.9. The highest BCUT2D eigenvalue weighted by Crippen LogP contribution is 2.30. The van der Waals surface area contributed by atoms with Crippen LogP contribution in [0.25, 0.3) is 10.8 Å². The molecule has 3 amide bonds. The number of rotatable bonds is 12. The first-order valence-electron chi connectivity index (χ1n) is 12.3. The molecule has 13 nitrogen and oxygen atoms in total. The van der Waals surface area contributed by atoms with E-state index < -0.39 is 36.2 Å². The summed E-state index contributed by atoms with van der Waals surface area (Å²) in [5.41, 5.74) is 0.185. The molecule has 0 bridgehead atoms. The monoisotopic (exact) mass is 542 g/mol. The van der Waals surface area contributed by atoms with Crippen molar-refractivity contribution in [1.29, 1.82) is 0 Å². The number of aliphatic carboxylic acids is 1. The van der Waals surface area contributed by atoms with Crippen LogP contribution < -0.4 is 16.0 Å². The van der Waals surface area contributed by atoms with Crippen LogP contribution in [0, 0.1) is 4.91 Å². The maximum absolute atomic E-state index is 12.6. The minimum absolute atomic E-state index is 0.0469. The summed E-state index contributed by atoms with van der Waals surface area (Å²) in [6.45, 7) is 1.20. The number of carbonyl (C=O) groups excluding carboxylic acids is 3. The molecule has 13 heteroatoms. The van der Waals surface area contributed by atoms with Crippen LogP contribution >= 0.6 is 0 Å². The smallest absolute Gasteiger partial charge is 0.407 e. The summed E-state index contributed by atoms with van der Waals surface area (Å²) < 4.78 is 10.9. The number of amides is 3. The lowest BCUT2D eigenvalue weighted by Gasteiger charge is -2.35. The fraction of sp³-hybridized carbons (Fsp3) is 0.385. The summed E-state index contributed by atoms with van der Waals surface area (Å²) in [6.07, 6.45) is -1.23. The van der Waals surface area contributed by atoms with E-state index in [0.717, 1.165) is 5.39 Å². The lowest BCUT2D eigenvalue weighted by atomic mass is 9.97. The fourth-order valence-corrected chi connectivity index (χ4v) is 4.23. The van der Waals surface area contributed by atoms with Gasteiger partial charge in [-0.25, -0.2) is 9.59 Å². The highest BCUT2D eigenvalue weighted by molar-refractivity contribution is 6.07. The number of carboxylic acid groups (broad SMARTS) is 1. The predicted molar refractivity (Wildman–Crippen MR) is 139 cm³/mol. The molecular weight excluding hydrogens is 512 g/mol. The lowest BCUT2D eigenvalue weighted by molar-refractivity contribution is -0.141. The fourth-order valence-electron chi connectivity index (χ4n) is 4.23. The van der Waals surface area contributed by atoms with Crippen molar-refractivity contribution in [3.8, 4) is 0 Å². The van der Waals surface area contributed by atoms with Crippen LogP contribution in [0.1, 0.15) is 36.5 Å². The third kappa shape index (κ3) is 7.74. The number of hydrogen-bond donors (Lipinski definition) is 5. The number of nitrogens with one attached hydrogen (secondary N) is 3. The van der Waals surface area contributed by atoms with Gasteiger partial charge in [0, 0.05) is 38.4 Å². The molecule has 3 rings (SSSR count). The molecule has 0 unspecified atom stereocenters. The van der Waals surface area contributed by atoms with Gasteiger partial charge in [0.15, 0.2) is 6.10 Å². The molecule has 1 aliphatic heterocycles. The zero-order chi connectivity index (χ0) is 28.4. The number of hydrogen-bond acceptors (Lipinski definition) is 9. The third-order valence-electron chi connectivity index (χ3n) is 6.00. The van der Waals surface area contributed by atoms with E-state index >= 15 is 0 Å². The van der Waals surface area contributed by atoms with Gasteiger partial charge < -0.3 is 35.6 Å². The summed E-state index contributed by atoms with van der Waals surface area (Å²) in [5.74, 6) is -2.52. The summed E-state index contributed by atoms with van der Waals surface area (Å²) in [5, 5.41) is 31.0. The number of alkyl carbamates (subject to hydrolysis) is 1.